The molecule has 0 aromatic heterocycles. The van der Waals surface area contributed by atoms with Crippen LogP contribution >= 0.6 is 0 Å². The minimum absolute atomic E-state index is 0.183. The quantitative estimate of drug-likeness (QED) is 0.867. The Hall–Kier alpha value is -1.10. The second-order valence-corrected chi connectivity index (χ2v) is 5.13. The molecule has 1 heterocycles. The molecule has 112 valence electrons. The minimum Gasteiger partial charge on any atom is -0.493 e. The highest BCUT2D eigenvalue weighted by Crippen LogP contribution is 2.29. The molecule has 2 rings (SSSR count). The van der Waals surface area contributed by atoms with Gasteiger partial charge in [-0.3, -0.25) is 4.90 Å². The fourth-order valence-corrected chi connectivity index (χ4v) is 2.65. The van der Waals surface area contributed by atoms with E-state index in [1.54, 1.807) is 0 Å². The van der Waals surface area contributed by atoms with E-state index in [1.807, 2.05) is 31.2 Å². The SMILES string of the molecule is CCCN1CCOC(C(O)c2ccccc2OCC)C1. The van der Waals surface area contributed by atoms with Crippen molar-refractivity contribution in [1.82, 2.24) is 4.90 Å². The molecule has 1 aromatic carbocycles. The van der Waals surface area contributed by atoms with E-state index >= 15 is 0 Å². The Balaban J connectivity index is 2.08. The molecule has 4 nitrogen and oxygen atoms in total. The Labute approximate surface area is 121 Å². The van der Waals surface area contributed by atoms with Gasteiger partial charge in [-0.25, -0.2) is 0 Å². The van der Waals surface area contributed by atoms with Gasteiger partial charge in [-0.1, -0.05) is 25.1 Å². The summed E-state index contributed by atoms with van der Waals surface area (Å²) in [5.74, 6) is 0.749. The number of hydrogen-bond acceptors (Lipinski definition) is 4. The fraction of sp³-hybridized carbons (Fsp3) is 0.625. The van der Waals surface area contributed by atoms with E-state index in [-0.39, 0.29) is 6.10 Å². The Morgan fingerprint density at radius 3 is 2.95 bits per heavy atom. The van der Waals surface area contributed by atoms with Crippen LogP contribution in [0.25, 0.3) is 0 Å². The zero-order valence-electron chi connectivity index (χ0n) is 12.4. The maximum atomic E-state index is 10.6. The summed E-state index contributed by atoms with van der Waals surface area (Å²) in [7, 11) is 0. The molecule has 0 bridgehead atoms. The molecule has 1 fully saturated rings. The van der Waals surface area contributed by atoms with Gasteiger partial charge in [0.1, 0.15) is 18.0 Å². The molecule has 4 heteroatoms. The number of aliphatic hydroxyl groups is 1. The summed E-state index contributed by atoms with van der Waals surface area (Å²) in [5.41, 5.74) is 0.817. The molecule has 1 aromatic rings. The molecule has 1 saturated heterocycles. The highest BCUT2D eigenvalue weighted by Gasteiger charge is 2.29. The molecule has 1 aliphatic rings. The molecule has 20 heavy (non-hydrogen) atoms. The van der Waals surface area contributed by atoms with Crippen molar-refractivity contribution in [2.45, 2.75) is 32.5 Å². The number of nitrogens with zero attached hydrogens (tertiary/aromatic N) is 1. The van der Waals surface area contributed by atoms with Crippen LogP contribution < -0.4 is 4.74 Å². The first-order chi connectivity index (χ1) is 9.76. The fourth-order valence-electron chi connectivity index (χ4n) is 2.65. The number of hydrogen-bond donors (Lipinski definition) is 1. The van der Waals surface area contributed by atoms with E-state index in [4.69, 9.17) is 9.47 Å². The summed E-state index contributed by atoms with van der Waals surface area (Å²) >= 11 is 0. The maximum absolute atomic E-state index is 10.6. The molecule has 0 radical (unpaired) electrons. The maximum Gasteiger partial charge on any atom is 0.125 e. The lowest BCUT2D eigenvalue weighted by atomic mass is 10.0. The van der Waals surface area contributed by atoms with E-state index in [0.717, 1.165) is 37.4 Å². The predicted molar refractivity (Wildman–Crippen MR) is 79.0 cm³/mol. The number of morpholine rings is 1. The molecule has 0 amide bonds. The van der Waals surface area contributed by atoms with Gasteiger partial charge in [0.2, 0.25) is 0 Å². The van der Waals surface area contributed by atoms with Gasteiger partial charge in [0.05, 0.1) is 13.2 Å². The topological polar surface area (TPSA) is 41.9 Å². The molecule has 0 aliphatic carbocycles. The second-order valence-electron chi connectivity index (χ2n) is 5.13. The van der Waals surface area contributed by atoms with E-state index in [1.165, 1.54) is 0 Å². The van der Waals surface area contributed by atoms with Crippen LogP contribution in [0.15, 0.2) is 24.3 Å². The van der Waals surface area contributed by atoms with Gasteiger partial charge in [0.25, 0.3) is 0 Å². The lowest BCUT2D eigenvalue weighted by molar-refractivity contribution is -0.0903. The van der Waals surface area contributed by atoms with Gasteiger partial charge < -0.3 is 14.6 Å². The average molecular weight is 279 g/mol. The highest BCUT2D eigenvalue weighted by atomic mass is 16.5. The normalized spacial score (nSPS) is 21.6. The Morgan fingerprint density at radius 2 is 2.20 bits per heavy atom. The van der Waals surface area contributed by atoms with E-state index < -0.39 is 6.10 Å². The van der Waals surface area contributed by atoms with Gasteiger partial charge in [-0.2, -0.15) is 0 Å². The summed E-state index contributed by atoms with van der Waals surface area (Å²) in [5, 5.41) is 10.6. The van der Waals surface area contributed by atoms with Crippen LogP contribution in [-0.4, -0.2) is 49.0 Å². The zero-order chi connectivity index (χ0) is 14.4. The standard InChI is InChI=1S/C16H25NO3/c1-3-9-17-10-11-20-15(12-17)16(18)13-7-5-6-8-14(13)19-4-2/h5-8,15-16,18H,3-4,9-12H2,1-2H3. The smallest absolute Gasteiger partial charge is 0.125 e. The Morgan fingerprint density at radius 1 is 1.40 bits per heavy atom. The van der Waals surface area contributed by atoms with Crippen molar-refractivity contribution in [1.29, 1.82) is 0 Å². The van der Waals surface area contributed by atoms with Gasteiger partial charge in [-0.15, -0.1) is 0 Å². The first-order valence-electron chi connectivity index (χ1n) is 7.50. The van der Waals surface area contributed by atoms with Crippen LogP contribution in [0.2, 0.25) is 0 Å². The van der Waals surface area contributed by atoms with Crippen LogP contribution in [0.3, 0.4) is 0 Å². The monoisotopic (exact) mass is 279 g/mol. The Bertz CT molecular complexity index is 408. The molecule has 0 saturated carbocycles. The molecular formula is C16H25NO3. The van der Waals surface area contributed by atoms with Crippen molar-refractivity contribution in [2.24, 2.45) is 0 Å². The van der Waals surface area contributed by atoms with E-state index in [2.05, 4.69) is 11.8 Å². The van der Waals surface area contributed by atoms with Crippen LogP contribution in [0.1, 0.15) is 31.9 Å². The zero-order valence-corrected chi connectivity index (χ0v) is 12.4. The number of ether oxygens (including phenoxy) is 2. The highest BCUT2D eigenvalue weighted by molar-refractivity contribution is 5.35. The van der Waals surface area contributed by atoms with Gasteiger partial charge >= 0.3 is 0 Å². The lowest BCUT2D eigenvalue weighted by Crippen LogP contribution is -2.45. The number of aliphatic hydroxyl groups excluding tert-OH is 1. The molecule has 2 atom stereocenters. The first-order valence-corrected chi connectivity index (χ1v) is 7.50. The van der Waals surface area contributed by atoms with Crippen LogP contribution in [0.5, 0.6) is 5.75 Å². The number of benzene rings is 1. The average Bonchev–Trinajstić information content (AvgIpc) is 2.48. The van der Waals surface area contributed by atoms with Gasteiger partial charge in [-0.05, 0) is 26.0 Å². The van der Waals surface area contributed by atoms with Crippen LogP contribution in [0, 0.1) is 0 Å². The molecule has 0 spiro atoms. The first kappa shape index (κ1) is 15.3. The second kappa shape index (κ2) is 7.62. The number of para-hydroxylation sites is 1. The summed E-state index contributed by atoms with van der Waals surface area (Å²) in [6.07, 6.45) is 0.299. The summed E-state index contributed by atoms with van der Waals surface area (Å²) in [6, 6.07) is 7.66. The largest absolute Gasteiger partial charge is 0.493 e. The van der Waals surface area contributed by atoms with Crippen molar-refractivity contribution in [3.05, 3.63) is 29.8 Å². The summed E-state index contributed by atoms with van der Waals surface area (Å²) < 4.78 is 11.4. The lowest BCUT2D eigenvalue weighted by Gasteiger charge is -2.35. The third-order valence-electron chi connectivity index (χ3n) is 3.61. The third kappa shape index (κ3) is 3.72. The van der Waals surface area contributed by atoms with Gasteiger partial charge in [0, 0.05) is 18.7 Å². The van der Waals surface area contributed by atoms with Crippen LogP contribution in [-0.2, 0) is 4.74 Å². The summed E-state index contributed by atoms with van der Waals surface area (Å²) in [6.45, 7) is 8.17. The molecular weight excluding hydrogens is 254 g/mol. The minimum atomic E-state index is -0.641. The molecule has 2 unspecified atom stereocenters. The summed E-state index contributed by atoms with van der Waals surface area (Å²) in [4.78, 5) is 2.35. The van der Waals surface area contributed by atoms with Crippen molar-refractivity contribution >= 4 is 0 Å². The van der Waals surface area contributed by atoms with Crippen molar-refractivity contribution in [3.8, 4) is 5.75 Å². The van der Waals surface area contributed by atoms with Crippen molar-refractivity contribution in [3.63, 3.8) is 0 Å². The van der Waals surface area contributed by atoms with Crippen molar-refractivity contribution in [2.75, 3.05) is 32.8 Å². The Kier molecular flexibility index (Phi) is 5.83. The van der Waals surface area contributed by atoms with Gasteiger partial charge in [0.15, 0.2) is 0 Å². The number of rotatable bonds is 6. The van der Waals surface area contributed by atoms with Crippen molar-refractivity contribution < 1.29 is 14.6 Å². The predicted octanol–water partition coefficient (Wildman–Crippen LogP) is 2.23. The third-order valence-corrected chi connectivity index (χ3v) is 3.61. The molecule has 1 N–H and O–H groups in total. The van der Waals surface area contributed by atoms with E-state index in [9.17, 15) is 5.11 Å². The van der Waals surface area contributed by atoms with E-state index in [0.29, 0.717) is 13.2 Å². The molecule has 1 aliphatic heterocycles. The van der Waals surface area contributed by atoms with Crippen LogP contribution in [0.4, 0.5) is 0 Å².